The minimum absolute atomic E-state index is 0.875. The van der Waals surface area contributed by atoms with Gasteiger partial charge in [0.25, 0.3) is 0 Å². The third kappa shape index (κ3) is 3.81. The molecule has 0 aromatic carbocycles. The molecular formula is C16H23N3S. The highest BCUT2D eigenvalue weighted by atomic mass is 32.1. The molecule has 0 aliphatic heterocycles. The molecule has 2 heterocycles. The molecule has 0 amide bonds. The average Bonchev–Trinajstić information content (AvgIpc) is 2.96. The Morgan fingerprint density at radius 1 is 1.35 bits per heavy atom. The lowest BCUT2D eigenvalue weighted by Crippen LogP contribution is -2.24. The molecule has 2 aromatic rings. The minimum Gasteiger partial charge on any atom is -0.366 e. The summed E-state index contributed by atoms with van der Waals surface area (Å²) in [6, 6.07) is 6.51. The van der Waals surface area contributed by atoms with E-state index in [9.17, 15) is 0 Å². The van der Waals surface area contributed by atoms with Gasteiger partial charge in [-0.3, -0.25) is 4.98 Å². The Labute approximate surface area is 125 Å². The van der Waals surface area contributed by atoms with Crippen molar-refractivity contribution >= 4 is 17.0 Å². The summed E-state index contributed by atoms with van der Waals surface area (Å²) in [6.07, 6.45) is 2.00. The van der Waals surface area contributed by atoms with E-state index in [1.165, 1.54) is 16.1 Å². The van der Waals surface area contributed by atoms with Crippen LogP contribution in [-0.4, -0.2) is 18.1 Å². The maximum atomic E-state index is 4.44. The molecule has 0 radical (unpaired) electrons. The molecule has 3 nitrogen and oxygen atoms in total. The highest BCUT2D eigenvalue weighted by Gasteiger charge is 2.11. The van der Waals surface area contributed by atoms with E-state index in [0.29, 0.717) is 0 Å². The minimum atomic E-state index is 0.875. The molecule has 0 aliphatic rings. The van der Waals surface area contributed by atoms with Gasteiger partial charge in [0.05, 0.1) is 6.54 Å². The van der Waals surface area contributed by atoms with E-state index in [1.54, 1.807) is 0 Å². The van der Waals surface area contributed by atoms with Gasteiger partial charge in [-0.05, 0) is 37.9 Å². The lowest BCUT2D eigenvalue weighted by Gasteiger charge is -2.25. The van der Waals surface area contributed by atoms with Crippen molar-refractivity contribution in [2.45, 2.75) is 33.9 Å². The number of nitrogens with one attached hydrogen (secondary N) is 1. The van der Waals surface area contributed by atoms with Gasteiger partial charge >= 0.3 is 0 Å². The van der Waals surface area contributed by atoms with Crippen LogP contribution in [0.3, 0.4) is 0 Å². The average molecular weight is 289 g/mol. The van der Waals surface area contributed by atoms with Crippen LogP contribution in [-0.2, 0) is 13.1 Å². The molecule has 0 fully saturated rings. The molecule has 20 heavy (non-hydrogen) atoms. The van der Waals surface area contributed by atoms with Gasteiger partial charge in [0.1, 0.15) is 0 Å². The molecule has 2 aromatic heterocycles. The van der Waals surface area contributed by atoms with Crippen LogP contribution >= 0.6 is 11.3 Å². The Balaban J connectivity index is 2.24. The zero-order valence-corrected chi connectivity index (χ0v) is 13.3. The second-order valence-electron chi connectivity index (χ2n) is 4.83. The van der Waals surface area contributed by atoms with Crippen molar-refractivity contribution in [1.29, 1.82) is 0 Å². The summed E-state index contributed by atoms with van der Waals surface area (Å²) in [4.78, 5) is 8.26. The summed E-state index contributed by atoms with van der Waals surface area (Å²) in [5.74, 6) is 0. The summed E-state index contributed by atoms with van der Waals surface area (Å²) in [7, 11) is 0. The number of hydrogen-bond acceptors (Lipinski definition) is 4. The van der Waals surface area contributed by atoms with E-state index < -0.39 is 0 Å². The second kappa shape index (κ2) is 7.41. The molecule has 0 saturated heterocycles. The molecule has 0 aliphatic carbocycles. The predicted octanol–water partition coefficient (Wildman–Crippen LogP) is 3.59. The number of anilines is 1. The largest absolute Gasteiger partial charge is 0.366 e. The van der Waals surface area contributed by atoms with Gasteiger partial charge in [-0.1, -0.05) is 13.0 Å². The van der Waals surface area contributed by atoms with E-state index >= 15 is 0 Å². The number of pyridine rings is 1. The van der Waals surface area contributed by atoms with E-state index in [0.717, 1.165) is 31.9 Å². The van der Waals surface area contributed by atoms with Gasteiger partial charge in [0, 0.05) is 41.1 Å². The number of aryl methyl sites for hydroxylation is 1. The SMILES string of the molecule is CCNCc1cnc(C)cc1N(CC)Cc1cccs1. The Bertz CT molecular complexity index is 523. The number of rotatable bonds is 7. The Morgan fingerprint density at radius 2 is 2.20 bits per heavy atom. The topological polar surface area (TPSA) is 28.2 Å². The van der Waals surface area contributed by atoms with Gasteiger partial charge in [-0.2, -0.15) is 0 Å². The number of aromatic nitrogens is 1. The van der Waals surface area contributed by atoms with Crippen molar-refractivity contribution in [1.82, 2.24) is 10.3 Å². The lowest BCUT2D eigenvalue weighted by molar-refractivity contribution is 0.716. The number of hydrogen-bond donors (Lipinski definition) is 1. The summed E-state index contributed by atoms with van der Waals surface area (Å²) >= 11 is 1.82. The first-order valence-corrected chi connectivity index (χ1v) is 8.06. The maximum Gasteiger partial charge on any atom is 0.0522 e. The van der Waals surface area contributed by atoms with Crippen LogP contribution in [0.4, 0.5) is 5.69 Å². The quantitative estimate of drug-likeness (QED) is 0.844. The van der Waals surface area contributed by atoms with E-state index in [-0.39, 0.29) is 0 Å². The smallest absolute Gasteiger partial charge is 0.0522 e. The Morgan fingerprint density at radius 3 is 2.85 bits per heavy atom. The molecular weight excluding hydrogens is 266 g/mol. The van der Waals surface area contributed by atoms with Crippen LogP contribution in [0.1, 0.15) is 30.0 Å². The fourth-order valence-electron chi connectivity index (χ4n) is 2.22. The van der Waals surface area contributed by atoms with E-state index in [1.807, 2.05) is 17.5 Å². The van der Waals surface area contributed by atoms with Gasteiger partial charge in [-0.25, -0.2) is 0 Å². The normalized spacial score (nSPS) is 10.8. The summed E-state index contributed by atoms with van der Waals surface area (Å²) in [5.41, 5.74) is 3.65. The van der Waals surface area contributed by atoms with Crippen molar-refractivity contribution in [2.75, 3.05) is 18.0 Å². The summed E-state index contributed by atoms with van der Waals surface area (Å²) in [5, 5.41) is 5.54. The molecule has 0 atom stereocenters. The second-order valence-corrected chi connectivity index (χ2v) is 5.86. The third-order valence-electron chi connectivity index (χ3n) is 3.31. The highest BCUT2D eigenvalue weighted by molar-refractivity contribution is 7.09. The van der Waals surface area contributed by atoms with Crippen LogP contribution in [0.15, 0.2) is 29.8 Å². The summed E-state index contributed by atoms with van der Waals surface area (Å²) < 4.78 is 0. The maximum absolute atomic E-state index is 4.44. The highest BCUT2D eigenvalue weighted by Crippen LogP contribution is 2.24. The monoisotopic (exact) mass is 289 g/mol. The zero-order valence-electron chi connectivity index (χ0n) is 12.5. The fraction of sp³-hybridized carbons (Fsp3) is 0.438. The van der Waals surface area contributed by atoms with Crippen molar-refractivity contribution in [2.24, 2.45) is 0 Å². The first kappa shape index (κ1) is 15.0. The first-order chi connectivity index (χ1) is 9.74. The van der Waals surface area contributed by atoms with Crippen molar-refractivity contribution in [3.05, 3.63) is 45.9 Å². The van der Waals surface area contributed by atoms with Gasteiger partial charge in [-0.15, -0.1) is 11.3 Å². The molecule has 0 unspecified atom stereocenters. The van der Waals surface area contributed by atoms with Crippen molar-refractivity contribution in [3.63, 3.8) is 0 Å². The fourth-order valence-corrected chi connectivity index (χ4v) is 2.94. The molecule has 0 spiro atoms. The Kier molecular flexibility index (Phi) is 5.56. The van der Waals surface area contributed by atoms with Crippen LogP contribution < -0.4 is 10.2 Å². The summed E-state index contributed by atoms with van der Waals surface area (Å²) in [6.45, 7) is 10.2. The molecule has 2 rings (SSSR count). The van der Waals surface area contributed by atoms with Gasteiger partial charge in [0.15, 0.2) is 0 Å². The number of nitrogens with zero attached hydrogens (tertiary/aromatic N) is 2. The zero-order chi connectivity index (χ0) is 14.4. The van der Waals surface area contributed by atoms with Crippen molar-refractivity contribution in [3.8, 4) is 0 Å². The van der Waals surface area contributed by atoms with Crippen molar-refractivity contribution < 1.29 is 0 Å². The molecule has 0 bridgehead atoms. The van der Waals surface area contributed by atoms with Crippen LogP contribution in [0.2, 0.25) is 0 Å². The van der Waals surface area contributed by atoms with Crippen LogP contribution in [0.25, 0.3) is 0 Å². The van der Waals surface area contributed by atoms with E-state index in [4.69, 9.17) is 0 Å². The first-order valence-electron chi connectivity index (χ1n) is 7.18. The third-order valence-corrected chi connectivity index (χ3v) is 4.17. The van der Waals surface area contributed by atoms with E-state index in [2.05, 4.69) is 59.6 Å². The molecule has 1 N–H and O–H groups in total. The standard InChI is InChI=1S/C16H23N3S/c1-4-17-10-14-11-18-13(3)9-16(14)19(5-2)12-15-7-6-8-20-15/h6-9,11,17H,4-5,10,12H2,1-3H3. The van der Waals surface area contributed by atoms with Gasteiger partial charge < -0.3 is 10.2 Å². The number of thiophene rings is 1. The van der Waals surface area contributed by atoms with Crippen LogP contribution in [0.5, 0.6) is 0 Å². The molecule has 108 valence electrons. The molecule has 0 saturated carbocycles. The molecule has 4 heteroatoms. The van der Waals surface area contributed by atoms with Gasteiger partial charge in [0.2, 0.25) is 0 Å². The van der Waals surface area contributed by atoms with Crippen LogP contribution in [0, 0.1) is 6.92 Å². The Hall–Kier alpha value is -1.39. The lowest BCUT2D eigenvalue weighted by atomic mass is 10.1. The predicted molar refractivity (Wildman–Crippen MR) is 87.4 cm³/mol.